The van der Waals surface area contributed by atoms with Gasteiger partial charge < -0.3 is 98.0 Å². The molecule has 0 aliphatic heterocycles. The number of aliphatic imine (C=N–C) groups is 4. The number of amides is 6. The number of phenols is 1. The molecule has 0 bridgehead atoms. The molecular formula is C37H46N22O13. The molecule has 72 heavy (non-hydrogen) atoms. The molecule has 0 aliphatic rings. The van der Waals surface area contributed by atoms with Gasteiger partial charge in [0.2, 0.25) is 36.8 Å². The number of carbonyl (C=O) groups excluding carboxylic acids is 6. The number of nitrogens with one attached hydrogen (secondary N) is 5. The first-order valence-corrected chi connectivity index (χ1v) is 19.7. The van der Waals surface area contributed by atoms with Crippen molar-refractivity contribution in [3.05, 3.63) is 97.6 Å². The largest absolute Gasteiger partial charge is 0.508 e. The Morgan fingerprint density at radius 3 is 1.50 bits per heavy atom. The summed E-state index contributed by atoms with van der Waals surface area (Å²) in [7, 11) is 1.24. The number of phenolic OH excluding ortho intramolecular Hbond substituents is 1. The van der Waals surface area contributed by atoms with Crippen LogP contribution in [0.15, 0.2) is 80.6 Å². The molecule has 25 N–H and O–H groups in total. The molecule has 0 saturated carbocycles. The summed E-state index contributed by atoms with van der Waals surface area (Å²) in [6.45, 7) is -0.923. The lowest BCUT2D eigenvalue weighted by molar-refractivity contribution is -0.392. The fourth-order valence-electron chi connectivity index (χ4n) is 5.92. The van der Waals surface area contributed by atoms with Crippen molar-refractivity contribution in [2.24, 2.45) is 71.6 Å². The highest BCUT2D eigenvalue weighted by atomic mass is 16.6. The fourth-order valence-corrected chi connectivity index (χ4v) is 5.92. The van der Waals surface area contributed by atoms with E-state index in [1.54, 1.807) is 6.07 Å². The Morgan fingerprint density at radius 1 is 0.667 bits per heavy atom. The number of nitrogens with two attached hydrogens (primary N) is 9. The van der Waals surface area contributed by atoms with Gasteiger partial charge in [-0.2, -0.15) is 5.26 Å². The first-order valence-electron chi connectivity index (χ1n) is 19.7. The van der Waals surface area contributed by atoms with Crippen molar-refractivity contribution in [3.63, 3.8) is 0 Å². The van der Waals surface area contributed by atoms with Gasteiger partial charge in [0, 0.05) is 17.7 Å². The summed E-state index contributed by atoms with van der Waals surface area (Å²) in [5.41, 5.74) is 44.3. The van der Waals surface area contributed by atoms with Crippen LogP contribution < -0.4 is 87.8 Å². The van der Waals surface area contributed by atoms with Crippen molar-refractivity contribution in [1.29, 1.82) is 5.26 Å². The third kappa shape index (κ3) is 15.4. The number of hydrogen-bond donors (Lipinski definition) is 16. The van der Waals surface area contributed by atoms with Crippen molar-refractivity contribution < 1.29 is 53.6 Å². The topological polar surface area (TPSA) is 609 Å². The fraction of sp³-hybridized carbons (Fsp3) is 0.216. The predicted octanol–water partition coefficient (Wildman–Crippen LogP) is -7.38. The zero-order valence-electron chi connectivity index (χ0n) is 37.1. The number of aliphatic hydroxyl groups is 1. The minimum Gasteiger partial charge on any atom is -0.508 e. The number of benzene rings is 3. The molecule has 0 aliphatic carbocycles. The number of aliphatic hydroxyl groups excluding tert-OH is 1. The van der Waals surface area contributed by atoms with Crippen LogP contribution in [0.1, 0.15) is 22.7 Å². The lowest BCUT2D eigenvalue weighted by Gasteiger charge is -2.30. The van der Waals surface area contributed by atoms with Gasteiger partial charge in [-0.05, 0) is 23.8 Å². The average Bonchev–Trinajstić information content (AvgIpc) is 3.30. The van der Waals surface area contributed by atoms with E-state index in [1.165, 1.54) is 49.6 Å². The highest BCUT2D eigenvalue weighted by Gasteiger charge is 2.39. The Kier molecular flexibility index (Phi) is 19.1. The first-order chi connectivity index (χ1) is 33.8. The summed E-state index contributed by atoms with van der Waals surface area (Å²) >= 11 is 0. The summed E-state index contributed by atoms with van der Waals surface area (Å²) in [4.78, 5) is 118. The molecule has 6 amide bonds. The Balaban J connectivity index is 2.10. The molecule has 0 fully saturated rings. The van der Waals surface area contributed by atoms with E-state index in [1.807, 2.05) is 16.0 Å². The Bertz CT molecular complexity index is 2710. The SMILES string of the molecule is COc1ccc(O)c(CN(c2c([N+](=O)[O-])cc(C#N)cc2[N+](=O)[O-])C(O)C(=O)NC(C(=O)NC(N=C(N)N)C(=O)NC(N=C(N)N)C(=O)NC(N=C(N)N)C(=O)NC(N=C(N)N)C(N)=O)c2ccccc2)c1. The van der Waals surface area contributed by atoms with Crippen LogP contribution in [0.5, 0.6) is 11.5 Å². The molecule has 6 unspecified atom stereocenters. The summed E-state index contributed by atoms with van der Waals surface area (Å²) in [5.74, 6) is -12.4. The average molecular weight is 1010 g/mol. The van der Waals surface area contributed by atoms with E-state index in [-0.39, 0.29) is 16.9 Å². The van der Waals surface area contributed by atoms with Crippen LogP contribution in [0.3, 0.4) is 0 Å². The molecule has 0 aromatic heterocycles. The molecule has 0 radical (unpaired) electrons. The van der Waals surface area contributed by atoms with Crippen molar-refractivity contribution in [1.82, 2.24) is 26.6 Å². The first kappa shape index (κ1) is 55.5. The second kappa shape index (κ2) is 24.8. The summed E-state index contributed by atoms with van der Waals surface area (Å²) in [6, 6.07) is 11.1. The molecule has 3 aromatic carbocycles. The maximum atomic E-state index is 14.2. The highest BCUT2D eigenvalue weighted by molar-refractivity contribution is 5.99. The highest BCUT2D eigenvalue weighted by Crippen LogP contribution is 2.41. The smallest absolute Gasteiger partial charge is 0.301 e. The zero-order chi connectivity index (χ0) is 54.1. The van der Waals surface area contributed by atoms with Gasteiger partial charge in [-0.15, -0.1) is 0 Å². The van der Waals surface area contributed by atoms with E-state index in [0.29, 0.717) is 17.0 Å². The van der Waals surface area contributed by atoms with E-state index in [9.17, 15) is 64.5 Å². The molecule has 6 atom stereocenters. The van der Waals surface area contributed by atoms with Crippen LogP contribution in [-0.4, -0.2) is 117 Å². The number of rotatable bonds is 23. The molecule has 3 aromatic rings. The van der Waals surface area contributed by atoms with Crippen molar-refractivity contribution >= 4 is 76.3 Å². The van der Waals surface area contributed by atoms with E-state index in [4.69, 9.17) is 56.3 Å². The van der Waals surface area contributed by atoms with Crippen LogP contribution in [0.2, 0.25) is 0 Å². The number of nitro groups is 2. The number of aromatic hydroxyl groups is 1. The maximum absolute atomic E-state index is 14.2. The molecule has 35 nitrogen and oxygen atoms in total. The maximum Gasteiger partial charge on any atom is 0.301 e. The van der Waals surface area contributed by atoms with E-state index < -0.39 is 141 Å². The lowest BCUT2D eigenvalue weighted by atomic mass is 10.1. The van der Waals surface area contributed by atoms with E-state index in [0.717, 1.165) is 6.07 Å². The van der Waals surface area contributed by atoms with Gasteiger partial charge >= 0.3 is 11.4 Å². The second-order valence-corrected chi connectivity index (χ2v) is 14.1. The number of anilines is 1. The number of guanidine groups is 4. The number of methoxy groups -OCH3 is 1. The molecule has 3 rings (SSSR count). The molecule has 35 heteroatoms. The summed E-state index contributed by atoms with van der Waals surface area (Å²) < 4.78 is 5.16. The van der Waals surface area contributed by atoms with Crippen LogP contribution in [0.4, 0.5) is 17.1 Å². The summed E-state index contributed by atoms with van der Waals surface area (Å²) in [6.07, 6.45) is -11.4. The Morgan fingerprint density at radius 2 is 1.10 bits per heavy atom. The number of nitrogens with zero attached hydrogens (tertiary/aromatic N) is 8. The van der Waals surface area contributed by atoms with Gasteiger partial charge in [-0.3, -0.25) is 49.0 Å². The van der Waals surface area contributed by atoms with Gasteiger partial charge in [0.05, 0.1) is 35.1 Å². The van der Waals surface area contributed by atoms with Crippen LogP contribution in [-0.2, 0) is 35.3 Å². The molecule has 382 valence electrons. The standard InChI is InChI=1S/C37H46N22O13/c1-72-17-7-8-20(60)16(11-17)13-57(22-18(58(68)69)9-14(12-38)10-19(22)59(70)71)33(67)32(66)48-21(15-5-3-2-4-6-15)28(62)50-25(54-35(42)43)30(64)52-27(56-37(46)47)31(65)51-26(55-36(44)45)29(63)49-24(23(39)61)53-34(40)41/h2-11,21,24-27,33,60,67H,13H2,1H3,(H2,39,61)(H,48,66)(H,49,63)(H,50,62)(H,51,65)(H,52,64)(H4,40,41,53)(H4,42,43,54)(H4,44,45,55)(H4,46,47,56). The molecule has 0 spiro atoms. The van der Waals surface area contributed by atoms with Crippen LogP contribution in [0, 0.1) is 31.6 Å². The van der Waals surface area contributed by atoms with Crippen LogP contribution in [0.25, 0.3) is 0 Å². The van der Waals surface area contributed by atoms with Gasteiger partial charge in [0.15, 0.2) is 29.5 Å². The second-order valence-electron chi connectivity index (χ2n) is 14.1. The number of ether oxygens (including phenoxy) is 1. The van der Waals surface area contributed by atoms with Crippen LogP contribution >= 0.6 is 0 Å². The normalized spacial score (nSPS) is 12.8. The monoisotopic (exact) mass is 1010 g/mol. The Hall–Kier alpha value is -10.8. The zero-order valence-corrected chi connectivity index (χ0v) is 37.1. The number of nitriles is 1. The molecular weight excluding hydrogens is 961 g/mol. The minimum atomic E-state index is -2.74. The van der Waals surface area contributed by atoms with Gasteiger partial charge in [-0.25, -0.2) is 20.0 Å². The lowest BCUT2D eigenvalue weighted by Crippen LogP contribution is -2.58. The van der Waals surface area contributed by atoms with Gasteiger partial charge in [0.25, 0.3) is 29.5 Å². The quantitative estimate of drug-likeness (QED) is 0.0138. The van der Waals surface area contributed by atoms with E-state index >= 15 is 0 Å². The minimum absolute atomic E-state index is 0.0780. The van der Waals surface area contributed by atoms with Gasteiger partial charge in [0.1, 0.15) is 17.5 Å². The predicted molar refractivity (Wildman–Crippen MR) is 249 cm³/mol. The third-order valence-corrected chi connectivity index (χ3v) is 8.96. The molecule has 0 saturated heterocycles. The van der Waals surface area contributed by atoms with Gasteiger partial charge in [-0.1, -0.05) is 30.3 Å². The van der Waals surface area contributed by atoms with E-state index in [2.05, 4.69) is 30.6 Å². The summed E-state index contributed by atoms with van der Waals surface area (Å²) in [5, 5.41) is 67.0. The number of nitro benzene ring substituents is 2. The van der Waals surface area contributed by atoms with Crippen molar-refractivity contribution in [2.75, 3.05) is 12.0 Å². The molecule has 0 heterocycles. The van der Waals surface area contributed by atoms with Crippen molar-refractivity contribution in [2.45, 2.75) is 43.5 Å². The Labute approximate surface area is 403 Å². The van der Waals surface area contributed by atoms with Crippen molar-refractivity contribution in [3.8, 4) is 17.6 Å². The number of primary amides is 1. The number of hydrogen-bond acceptors (Lipinski definition) is 19. The number of carbonyl (C=O) groups is 6. The third-order valence-electron chi connectivity index (χ3n) is 8.96.